The number of aromatic hydroxyl groups is 1. The third-order valence-corrected chi connectivity index (χ3v) is 2.83. The van der Waals surface area contributed by atoms with Crippen molar-refractivity contribution in [3.63, 3.8) is 0 Å². The molecule has 1 amide bonds. The lowest BCUT2D eigenvalue weighted by Crippen LogP contribution is -2.30. The fraction of sp³-hybridized carbons (Fsp3) is 0.0769. The quantitative estimate of drug-likeness (QED) is 0.493. The lowest BCUT2D eigenvalue weighted by atomic mass is 10.1. The van der Waals surface area contributed by atoms with Crippen molar-refractivity contribution < 1.29 is 9.90 Å². The minimum atomic E-state index is -0.219. The fourth-order valence-electron chi connectivity index (χ4n) is 1.63. The molecule has 0 unspecified atom stereocenters. The minimum absolute atomic E-state index is 0.118. The summed E-state index contributed by atoms with van der Waals surface area (Å²) >= 11 is 5.05. The Balaban J connectivity index is 2.31. The highest BCUT2D eigenvalue weighted by atomic mass is 32.1. The van der Waals surface area contributed by atoms with E-state index in [1.54, 1.807) is 36.4 Å². The molecule has 1 aromatic carbocycles. The van der Waals surface area contributed by atoms with Gasteiger partial charge in [0, 0.05) is 12.1 Å². The van der Waals surface area contributed by atoms with E-state index >= 15 is 0 Å². The zero-order chi connectivity index (χ0) is 13.1. The number of rotatable bonds is 3. The lowest BCUT2D eigenvalue weighted by Gasteiger charge is -2.09. The first-order chi connectivity index (χ1) is 8.63. The molecule has 0 spiro atoms. The normalized spacial score (nSPS) is 17.1. The molecule has 0 aromatic heterocycles. The second kappa shape index (κ2) is 5.01. The molecule has 2 N–H and O–H groups in total. The topological polar surface area (TPSA) is 52.6 Å². The van der Waals surface area contributed by atoms with Crippen LogP contribution < -0.4 is 5.32 Å². The van der Waals surface area contributed by atoms with E-state index in [2.05, 4.69) is 11.9 Å². The van der Waals surface area contributed by atoms with Gasteiger partial charge in [0.15, 0.2) is 5.11 Å². The van der Waals surface area contributed by atoms with Gasteiger partial charge < -0.3 is 10.4 Å². The predicted octanol–water partition coefficient (Wildman–Crippen LogP) is 1.64. The Morgan fingerprint density at radius 3 is 2.83 bits per heavy atom. The number of benzene rings is 1. The predicted molar refractivity (Wildman–Crippen MR) is 73.7 cm³/mol. The largest absolute Gasteiger partial charge is 0.507 e. The number of carbonyl (C=O) groups excluding carboxylic acids is 1. The van der Waals surface area contributed by atoms with Gasteiger partial charge in [-0.1, -0.05) is 24.3 Å². The summed E-state index contributed by atoms with van der Waals surface area (Å²) in [4.78, 5) is 13.4. The first-order valence-electron chi connectivity index (χ1n) is 5.37. The van der Waals surface area contributed by atoms with Gasteiger partial charge in [-0.25, -0.2) is 0 Å². The summed E-state index contributed by atoms with van der Waals surface area (Å²) < 4.78 is 0. The number of phenolic OH excluding ortho intramolecular Hbond substituents is 1. The van der Waals surface area contributed by atoms with Crippen LogP contribution in [-0.2, 0) is 4.79 Å². The van der Waals surface area contributed by atoms with Crippen molar-refractivity contribution in [3.8, 4) is 5.75 Å². The summed E-state index contributed by atoms with van der Waals surface area (Å²) in [5.74, 6) is -0.101. The highest BCUT2D eigenvalue weighted by molar-refractivity contribution is 7.80. The van der Waals surface area contributed by atoms with Gasteiger partial charge in [-0.05, 0) is 24.4 Å². The summed E-state index contributed by atoms with van der Waals surface area (Å²) in [6, 6.07) is 6.78. The van der Waals surface area contributed by atoms with Crippen LogP contribution in [0.2, 0.25) is 0 Å². The van der Waals surface area contributed by atoms with E-state index in [9.17, 15) is 9.90 Å². The number of para-hydroxylation sites is 1. The zero-order valence-electron chi connectivity index (χ0n) is 9.59. The molecule has 1 heterocycles. The number of carbonyl (C=O) groups is 1. The molecule has 1 saturated heterocycles. The van der Waals surface area contributed by atoms with E-state index in [-0.39, 0.29) is 11.7 Å². The van der Waals surface area contributed by atoms with Crippen molar-refractivity contribution in [2.45, 2.75) is 0 Å². The maximum absolute atomic E-state index is 12.0. The van der Waals surface area contributed by atoms with E-state index in [1.165, 1.54) is 4.90 Å². The van der Waals surface area contributed by atoms with Gasteiger partial charge in [-0.2, -0.15) is 0 Å². The Morgan fingerprint density at radius 1 is 1.44 bits per heavy atom. The highest BCUT2D eigenvalue weighted by Crippen LogP contribution is 2.20. The molecule has 0 bridgehead atoms. The van der Waals surface area contributed by atoms with Crippen LogP contribution in [0, 0.1) is 0 Å². The highest BCUT2D eigenvalue weighted by Gasteiger charge is 2.29. The van der Waals surface area contributed by atoms with Crippen molar-refractivity contribution in [3.05, 3.63) is 48.2 Å². The lowest BCUT2D eigenvalue weighted by molar-refractivity contribution is -0.122. The molecular weight excluding hydrogens is 248 g/mol. The molecule has 4 nitrogen and oxygen atoms in total. The smallest absolute Gasteiger partial charge is 0.276 e. The third-order valence-electron chi connectivity index (χ3n) is 2.51. The molecule has 92 valence electrons. The van der Waals surface area contributed by atoms with Crippen LogP contribution in [0.25, 0.3) is 6.08 Å². The minimum Gasteiger partial charge on any atom is -0.507 e. The summed E-state index contributed by atoms with van der Waals surface area (Å²) in [5, 5.41) is 12.8. The summed E-state index contributed by atoms with van der Waals surface area (Å²) in [7, 11) is 0. The second-order valence-electron chi connectivity index (χ2n) is 3.75. The fourth-order valence-corrected chi connectivity index (χ4v) is 1.90. The van der Waals surface area contributed by atoms with Gasteiger partial charge in [0.25, 0.3) is 5.91 Å². The standard InChI is InChI=1S/C13H12N2O2S/c1-2-7-15-12(17)10(14-13(15)18)8-9-5-3-4-6-11(9)16/h2-6,8,16H,1,7H2,(H,14,18). The van der Waals surface area contributed by atoms with Crippen LogP contribution >= 0.6 is 12.2 Å². The van der Waals surface area contributed by atoms with E-state index in [0.29, 0.717) is 22.9 Å². The molecule has 2 rings (SSSR count). The number of thiocarbonyl (C=S) groups is 1. The van der Waals surface area contributed by atoms with Crippen LogP contribution in [0.1, 0.15) is 5.56 Å². The zero-order valence-corrected chi connectivity index (χ0v) is 10.4. The van der Waals surface area contributed by atoms with E-state index < -0.39 is 0 Å². The second-order valence-corrected chi connectivity index (χ2v) is 4.14. The Kier molecular flexibility index (Phi) is 3.43. The van der Waals surface area contributed by atoms with E-state index in [1.807, 2.05) is 0 Å². The first kappa shape index (κ1) is 12.3. The molecule has 18 heavy (non-hydrogen) atoms. The van der Waals surface area contributed by atoms with Gasteiger partial charge in [0.05, 0.1) is 0 Å². The molecule has 1 aromatic rings. The summed E-state index contributed by atoms with van der Waals surface area (Å²) in [6.07, 6.45) is 3.18. The Hall–Kier alpha value is -2.14. The number of phenols is 1. The van der Waals surface area contributed by atoms with Gasteiger partial charge in [-0.15, -0.1) is 6.58 Å². The van der Waals surface area contributed by atoms with E-state index in [0.717, 1.165) is 0 Å². The molecule has 0 radical (unpaired) electrons. The Bertz CT molecular complexity index is 552. The monoisotopic (exact) mass is 260 g/mol. The molecule has 1 fully saturated rings. The molecule has 0 aliphatic carbocycles. The average Bonchev–Trinajstić information content (AvgIpc) is 2.60. The van der Waals surface area contributed by atoms with Crippen molar-refractivity contribution in [2.24, 2.45) is 0 Å². The average molecular weight is 260 g/mol. The van der Waals surface area contributed by atoms with E-state index in [4.69, 9.17) is 12.2 Å². The molecular formula is C13H12N2O2S. The molecule has 1 aliphatic rings. The van der Waals surface area contributed by atoms with Crippen molar-refractivity contribution in [1.82, 2.24) is 10.2 Å². The first-order valence-corrected chi connectivity index (χ1v) is 5.77. The van der Waals surface area contributed by atoms with Crippen molar-refractivity contribution in [2.75, 3.05) is 6.54 Å². The third kappa shape index (κ3) is 2.26. The van der Waals surface area contributed by atoms with Crippen LogP contribution in [0.15, 0.2) is 42.6 Å². The Labute approximate surface area is 110 Å². The number of hydrogen-bond acceptors (Lipinski definition) is 3. The van der Waals surface area contributed by atoms with Gasteiger partial charge >= 0.3 is 0 Å². The number of nitrogens with one attached hydrogen (secondary N) is 1. The van der Waals surface area contributed by atoms with Gasteiger partial charge in [-0.3, -0.25) is 9.69 Å². The maximum Gasteiger partial charge on any atom is 0.276 e. The van der Waals surface area contributed by atoms with Crippen molar-refractivity contribution >= 4 is 29.3 Å². The van der Waals surface area contributed by atoms with Gasteiger partial charge in [0.1, 0.15) is 11.4 Å². The van der Waals surface area contributed by atoms with Crippen LogP contribution in [-0.4, -0.2) is 27.6 Å². The molecule has 5 heteroatoms. The van der Waals surface area contributed by atoms with Crippen LogP contribution in [0.5, 0.6) is 5.75 Å². The van der Waals surface area contributed by atoms with Gasteiger partial charge in [0.2, 0.25) is 0 Å². The molecule has 1 aliphatic heterocycles. The number of nitrogens with zero attached hydrogens (tertiary/aromatic N) is 1. The molecule has 0 atom stereocenters. The van der Waals surface area contributed by atoms with Crippen molar-refractivity contribution in [1.29, 1.82) is 0 Å². The SMILES string of the molecule is C=CCN1C(=O)C(=Cc2ccccc2O)NC1=S. The maximum atomic E-state index is 12.0. The Morgan fingerprint density at radius 2 is 2.17 bits per heavy atom. The number of hydrogen-bond donors (Lipinski definition) is 2. The summed E-state index contributed by atoms with van der Waals surface area (Å²) in [5.41, 5.74) is 0.917. The molecule has 0 saturated carbocycles. The summed E-state index contributed by atoms with van der Waals surface area (Å²) in [6.45, 7) is 3.94. The van der Waals surface area contributed by atoms with Crippen LogP contribution in [0.4, 0.5) is 0 Å². The van der Waals surface area contributed by atoms with Crippen LogP contribution in [0.3, 0.4) is 0 Å². The number of amides is 1.